The Morgan fingerprint density at radius 1 is 1.27 bits per heavy atom. The summed E-state index contributed by atoms with van der Waals surface area (Å²) >= 11 is 0. The van der Waals surface area contributed by atoms with Crippen LogP contribution in [-0.4, -0.2) is 24.0 Å². The molecule has 1 N–H and O–H groups in total. The molecule has 1 rings (SSSR count). The van der Waals surface area contributed by atoms with Crippen LogP contribution in [0.3, 0.4) is 0 Å². The van der Waals surface area contributed by atoms with Gasteiger partial charge in [0.25, 0.3) is 0 Å². The van der Waals surface area contributed by atoms with Crippen molar-refractivity contribution in [2.24, 2.45) is 0 Å². The third-order valence-corrected chi connectivity index (χ3v) is 1.16. The van der Waals surface area contributed by atoms with E-state index in [9.17, 15) is 9.36 Å². The molecule has 0 heterocycles. The lowest BCUT2D eigenvalue weighted by Gasteiger charge is -1.86. The maximum atomic E-state index is 10.2. The first-order chi connectivity index (χ1) is 4.89. The Kier molecular flexibility index (Phi) is 4.62. The van der Waals surface area contributed by atoms with Gasteiger partial charge in [-0.05, 0) is 12.8 Å². The van der Waals surface area contributed by atoms with E-state index in [-0.39, 0.29) is 0 Å². The molecule has 3 nitrogen and oxygen atoms in total. The van der Waals surface area contributed by atoms with E-state index < -0.39 is 7.37 Å². The molecular weight excluding hydrogens is 163 g/mol. The molecule has 0 amide bonds. The summed E-state index contributed by atoms with van der Waals surface area (Å²) in [4.78, 5) is 18.3. The van der Waals surface area contributed by atoms with Gasteiger partial charge < -0.3 is 4.89 Å². The highest BCUT2D eigenvalue weighted by Crippen LogP contribution is 2.27. The zero-order valence-corrected chi connectivity index (χ0v) is 7.93. The first-order valence-electron chi connectivity index (χ1n) is 3.69. The molecule has 1 fully saturated rings. The van der Waals surface area contributed by atoms with Gasteiger partial charge >= 0.3 is 0 Å². The van der Waals surface area contributed by atoms with E-state index in [0.29, 0.717) is 5.78 Å². The van der Waals surface area contributed by atoms with E-state index in [0.717, 1.165) is 25.7 Å². The number of Topliss-reactive ketones (excluding diaryl/α,β-unsaturated/α-hetero) is 1. The van der Waals surface area contributed by atoms with Crippen LogP contribution in [0.15, 0.2) is 0 Å². The van der Waals surface area contributed by atoms with Crippen LogP contribution >= 0.6 is 7.37 Å². The second kappa shape index (κ2) is 4.68. The number of carbonyl (C=O) groups is 1. The van der Waals surface area contributed by atoms with Gasteiger partial charge in [-0.3, -0.25) is 9.36 Å². The standard InChI is InChI=1S/C5H8O.C2H7O2P/c6-5-3-1-2-4-5;1-5(2,3)4/h1-4H2;1-2H3,(H,3,4). The highest BCUT2D eigenvalue weighted by molar-refractivity contribution is 7.56. The zero-order valence-electron chi connectivity index (χ0n) is 7.04. The summed E-state index contributed by atoms with van der Waals surface area (Å²) in [7, 11) is -2.64. The summed E-state index contributed by atoms with van der Waals surface area (Å²) in [6, 6.07) is 0. The third kappa shape index (κ3) is 12.9. The van der Waals surface area contributed by atoms with Gasteiger partial charge in [0.15, 0.2) is 7.37 Å². The molecule has 0 aromatic carbocycles. The number of carbonyl (C=O) groups excluding carboxylic acids is 1. The molecule has 0 unspecified atom stereocenters. The maximum Gasteiger partial charge on any atom is 0.194 e. The molecular formula is C7H15O3P. The lowest BCUT2D eigenvalue weighted by Crippen LogP contribution is -1.81. The number of rotatable bonds is 0. The molecule has 66 valence electrons. The summed E-state index contributed by atoms with van der Waals surface area (Å²) < 4.78 is 9.77. The Labute approximate surface area is 67.3 Å². The third-order valence-electron chi connectivity index (χ3n) is 1.16. The van der Waals surface area contributed by atoms with Gasteiger partial charge in [-0.25, -0.2) is 0 Å². The van der Waals surface area contributed by atoms with Crippen molar-refractivity contribution in [1.29, 1.82) is 0 Å². The van der Waals surface area contributed by atoms with Crippen molar-refractivity contribution in [1.82, 2.24) is 0 Å². The first-order valence-corrected chi connectivity index (χ1v) is 6.24. The molecule has 0 saturated heterocycles. The summed E-state index contributed by atoms with van der Waals surface area (Å²) in [6.45, 7) is 2.60. The molecule has 1 saturated carbocycles. The zero-order chi connectivity index (χ0) is 8.91. The minimum absolute atomic E-state index is 0.454. The van der Waals surface area contributed by atoms with Gasteiger partial charge in [0.2, 0.25) is 0 Å². The fourth-order valence-corrected chi connectivity index (χ4v) is 0.769. The largest absolute Gasteiger partial charge is 0.345 e. The van der Waals surface area contributed by atoms with Gasteiger partial charge in [-0.2, -0.15) is 0 Å². The van der Waals surface area contributed by atoms with E-state index >= 15 is 0 Å². The van der Waals surface area contributed by atoms with Crippen LogP contribution in [0.4, 0.5) is 0 Å². The average molecular weight is 178 g/mol. The second-order valence-corrected chi connectivity index (χ2v) is 5.63. The molecule has 1 aliphatic rings. The van der Waals surface area contributed by atoms with Crippen LogP contribution in [0.5, 0.6) is 0 Å². The Morgan fingerprint density at radius 3 is 1.64 bits per heavy atom. The van der Waals surface area contributed by atoms with Gasteiger partial charge in [0.1, 0.15) is 5.78 Å². The summed E-state index contributed by atoms with van der Waals surface area (Å²) in [5.41, 5.74) is 0. The summed E-state index contributed by atoms with van der Waals surface area (Å²) in [6.07, 6.45) is 3.97. The van der Waals surface area contributed by atoms with Crippen LogP contribution in [0, 0.1) is 0 Å². The fourth-order valence-electron chi connectivity index (χ4n) is 0.769. The molecule has 11 heavy (non-hydrogen) atoms. The molecule has 4 heteroatoms. The molecule has 0 aromatic rings. The van der Waals surface area contributed by atoms with Crippen LogP contribution in [-0.2, 0) is 9.36 Å². The molecule has 0 aromatic heterocycles. The van der Waals surface area contributed by atoms with E-state index in [4.69, 9.17) is 4.89 Å². The van der Waals surface area contributed by atoms with Crippen molar-refractivity contribution in [2.75, 3.05) is 13.3 Å². The van der Waals surface area contributed by atoms with Crippen LogP contribution in [0.1, 0.15) is 25.7 Å². The smallest absolute Gasteiger partial charge is 0.194 e. The Balaban J connectivity index is 0.000000187. The second-order valence-electron chi connectivity index (χ2n) is 3.04. The lowest BCUT2D eigenvalue weighted by atomic mass is 10.4. The van der Waals surface area contributed by atoms with Gasteiger partial charge in [0.05, 0.1) is 0 Å². The predicted octanol–water partition coefficient (Wildman–Crippen LogP) is 1.65. The maximum absolute atomic E-state index is 10.2. The van der Waals surface area contributed by atoms with E-state index in [1.807, 2.05) is 0 Å². The number of ketones is 1. The lowest BCUT2D eigenvalue weighted by molar-refractivity contribution is -0.117. The molecule has 0 atom stereocenters. The molecule has 1 aliphatic carbocycles. The highest BCUT2D eigenvalue weighted by Gasteiger charge is 2.07. The van der Waals surface area contributed by atoms with Gasteiger partial charge in [-0.15, -0.1) is 0 Å². The minimum atomic E-state index is -2.64. The van der Waals surface area contributed by atoms with Crippen LogP contribution in [0.2, 0.25) is 0 Å². The van der Waals surface area contributed by atoms with Crippen molar-refractivity contribution >= 4 is 13.2 Å². The number of hydrogen-bond acceptors (Lipinski definition) is 2. The van der Waals surface area contributed by atoms with Crippen molar-refractivity contribution < 1.29 is 14.3 Å². The molecule has 0 radical (unpaired) electrons. The average Bonchev–Trinajstić information content (AvgIpc) is 2.12. The number of hydrogen-bond donors (Lipinski definition) is 1. The van der Waals surface area contributed by atoms with Gasteiger partial charge in [-0.1, -0.05) is 0 Å². The SMILES string of the molecule is CP(C)(=O)O.O=C1CCCC1. The van der Waals surface area contributed by atoms with Crippen molar-refractivity contribution in [2.45, 2.75) is 25.7 Å². The summed E-state index contributed by atoms with van der Waals surface area (Å²) in [5.74, 6) is 0.454. The highest BCUT2D eigenvalue weighted by atomic mass is 31.2. The van der Waals surface area contributed by atoms with E-state index in [2.05, 4.69) is 0 Å². The topological polar surface area (TPSA) is 54.4 Å². The fraction of sp³-hybridized carbons (Fsp3) is 0.857. The molecule has 0 bridgehead atoms. The van der Waals surface area contributed by atoms with E-state index in [1.165, 1.54) is 13.3 Å². The first kappa shape index (κ1) is 10.9. The normalized spacial score (nSPS) is 17.5. The van der Waals surface area contributed by atoms with Gasteiger partial charge in [0, 0.05) is 26.2 Å². The van der Waals surface area contributed by atoms with Crippen molar-refractivity contribution in [3.8, 4) is 0 Å². The minimum Gasteiger partial charge on any atom is -0.345 e. The predicted molar refractivity (Wildman–Crippen MR) is 45.1 cm³/mol. The Morgan fingerprint density at radius 2 is 1.55 bits per heavy atom. The van der Waals surface area contributed by atoms with E-state index in [1.54, 1.807) is 0 Å². The monoisotopic (exact) mass is 178 g/mol. The molecule has 0 aliphatic heterocycles. The van der Waals surface area contributed by atoms with Crippen molar-refractivity contribution in [3.63, 3.8) is 0 Å². The van der Waals surface area contributed by atoms with Crippen LogP contribution in [0.25, 0.3) is 0 Å². The summed E-state index contributed by atoms with van der Waals surface area (Å²) in [5, 5.41) is 0. The Hall–Kier alpha value is -0.140. The quantitative estimate of drug-likeness (QED) is 0.574. The Bertz CT molecular complexity index is 154. The molecule has 0 spiro atoms. The van der Waals surface area contributed by atoms with Crippen molar-refractivity contribution in [3.05, 3.63) is 0 Å². The van der Waals surface area contributed by atoms with Crippen LogP contribution < -0.4 is 0 Å².